The zero-order valence-corrected chi connectivity index (χ0v) is 24.2. The number of hydrogen-bond acceptors (Lipinski definition) is 0. The van der Waals surface area contributed by atoms with Gasteiger partial charge in [0.25, 0.3) is 0 Å². The molecule has 178 valence electrons. The Morgan fingerprint density at radius 1 is 0.536 bits per heavy atom. The summed E-state index contributed by atoms with van der Waals surface area (Å²) in [5.74, 6) is 0. The molecule has 0 fully saturated rings. The fourth-order valence-electron chi connectivity index (χ4n) is 1.96. The van der Waals surface area contributed by atoms with Crippen LogP contribution in [-0.4, -0.2) is 0 Å². The van der Waals surface area contributed by atoms with E-state index in [4.69, 9.17) is 0 Å². The molecule has 0 aliphatic rings. The molecule has 0 spiro atoms. The van der Waals surface area contributed by atoms with E-state index >= 15 is 0 Å². The molecular weight excluding hydrogens is 336 g/mol. The molecular formula is C28H66. The lowest BCUT2D eigenvalue weighted by molar-refractivity contribution is 0.363. The highest BCUT2D eigenvalue weighted by molar-refractivity contribution is 4.88. The average molecular weight is 403 g/mol. The van der Waals surface area contributed by atoms with E-state index in [1.165, 1.54) is 32.1 Å². The molecule has 0 nitrogen and oxygen atoms in total. The zero-order valence-electron chi connectivity index (χ0n) is 24.2. The number of rotatable bonds is 3. The van der Waals surface area contributed by atoms with Gasteiger partial charge in [-0.2, -0.15) is 0 Å². The highest BCUT2D eigenvalue weighted by Gasteiger charge is 2.07. The highest BCUT2D eigenvalue weighted by Crippen LogP contribution is 2.21. The monoisotopic (exact) mass is 403 g/mol. The van der Waals surface area contributed by atoms with Gasteiger partial charge in [0.15, 0.2) is 0 Å². The van der Waals surface area contributed by atoms with E-state index in [1.807, 2.05) is 48.5 Å². The predicted octanol–water partition coefficient (Wildman–Crippen LogP) is 11.7. The Kier molecular flexibility index (Phi) is 43.4. The van der Waals surface area contributed by atoms with Crippen LogP contribution in [0.3, 0.4) is 0 Å². The van der Waals surface area contributed by atoms with Crippen molar-refractivity contribution < 1.29 is 0 Å². The molecule has 0 atom stereocenters. The Balaban J connectivity index is -0.0000000570. The fraction of sp³-hybridized carbons (Fsp3) is 0.929. The van der Waals surface area contributed by atoms with Gasteiger partial charge in [-0.3, -0.25) is 0 Å². The SMILES string of the molecule is C/C=C/C(C)(C)C.CC.CC.CC.CCCC(C)(C)C.CCCCC(C)(C)C. The van der Waals surface area contributed by atoms with Crippen LogP contribution in [-0.2, 0) is 0 Å². The molecule has 0 aromatic carbocycles. The van der Waals surface area contributed by atoms with Crippen molar-refractivity contribution in [3.8, 4) is 0 Å². The first-order chi connectivity index (χ1) is 12.7. The van der Waals surface area contributed by atoms with Gasteiger partial charge in [0.2, 0.25) is 0 Å². The lowest BCUT2D eigenvalue weighted by Gasteiger charge is -2.16. The third-order valence-corrected chi connectivity index (χ3v) is 2.95. The first kappa shape index (κ1) is 42.0. The van der Waals surface area contributed by atoms with E-state index in [1.54, 1.807) is 0 Å². The van der Waals surface area contributed by atoms with Gasteiger partial charge in [-0.15, -0.1) is 0 Å². The Bertz CT molecular complexity index is 237. The van der Waals surface area contributed by atoms with Crippen molar-refractivity contribution in [3.05, 3.63) is 12.2 Å². The van der Waals surface area contributed by atoms with Crippen molar-refractivity contribution in [2.24, 2.45) is 16.2 Å². The summed E-state index contributed by atoms with van der Waals surface area (Å²) in [5, 5.41) is 0. The second-order valence-corrected chi connectivity index (χ2v) is 9.84. The molecule has 0 bridgehead atoms. The van der Waals surface area contributed by atoms with Crippen LogP contribution >= 0.6 is 0 Å². The molecule has 28 heavy (non-hydrogen) atoms. The Morgan fingerprint density at radius 2 is 0.857 bits per heavy atom. The van der Waals surface area contributed by atoms with E-state index < -0.39 is 0 Å². The van der Waals surface area contributed by atoms with Crippen LogP contribution in [0.4, 0.5) is 0 Å². The third-order valence-electron chi connectivity index (χ3n) is 2.95. The van der Waals surface area contributed by atoms with Crippen LogP contribution in [0.25, 0.3) is 0 Å². The zero-order chi connectivity index (χ0) is 24.4. The molecule has 0 amide bonds. The van der Waals surface area contributed by atoms with Gasteiger partial charge in [-0.25, -0.2) is 0 Å². The van der Waals surface area contributed by atoms with Crippen LogP contribution in [0.1, 0.15) is 157 Å². The summed E-state index contributed by atoms with van der Waals surface area (Å²) >= 11 is 0. The van der Waals surface area contributed by atoms with E-state index in [9.17, 15) is 0 Å². The maximum absolute atomic E-state index is 2.29. The second-order valence-electron chi connectivity index (χ2n) is 9.84. The summed E-state index contributed by atoms with van der Waals surface area (Å²) in [6, 6.07) is 0. The lowest BCUT2D eigenvalue weighted by Crippen LogP contribution is -2.03. The largest absolute Gasteiger partial charge is 0.0911 e. The Labute approximate surface area is 185 Å². The van der Waals surface area contributed by atoms with E-state index in [-0.39, 0.29) is 0 Å². The predicted molar refractivity (Wildman–Crippen MR) is 142 cm³/mol. The molecule has 0 saturated heterocycles. The van der Waals surface area contributed by atoms with Crippen LogP contribution in [0.15, 0.2) is 12.2 Å². The first-order valence-electron chi connectivity index (χ1n) is 12.3. The van der Waals surface area contributed by atoms with Gasteiger partial charge in [0.1, 0.15) is 0 Å². The van der Waals surface area contributed by atoms with E-state index in [0.29, 0.717) is 16.2 Å². The normalized spacial score (nSPS) is 10.4. The van der Waals surface area contributed by atoms with Crippen LogP contribution in [0.2, 0.25) is 0 Å². The van der Waals surface area contributed by atoms with Gasteiger partial charge in [-0.1, -0.05) is 149 Å². The highest BCUT2D eigenvalue weighted by atomic mass is 14.1. The molecule has 0 rings (SSSR count). The number of allylic oxidation sites excluding steroid dienone is 2. The maximum Gasteiger partial charge on any atom is -0.0203 e. The summed E-state index contributed by atoms with van der Waals surface area (Å²) in [6.45, 7) is 38.8. The molecule has 0 heteroatoms. The quantitative estimate of drug-likeness (QED) is 0.411. The topological polar surface area (TPSA) is 0 Å². The van der Waals surface area contributed by atoms with Gasteiger partial charge in [0, 0.05) is 0 Å². The van der Waals surface area contributed by atoms with Gasteiger partial charge in [0.05, 0.1) is 0 Å². The summed E-state index contributed by atoms with van der Waals surface area (Å²) in [5.41, 5.74) is 1.47. The van der Waals surface area contributed by atoms with Gasteiger partial charge >= 0.3 is 0 Å². The van der Waals surface area contributed by atoms with Crippen molar-refractivity contribution in [2.75, 3.05) is 0 Å². The molecule has 0 aromatic rings. The maximum atomic E-state index is 2.29. The molecule has 0 radical (unpaired) electrons. The van der Waals surface area contributed by atoms with E-state index in [0.717, 1.165) is 0 Å². The van der Waals surface area contributed by atoms with Crippen LogP contribution in [0, 0.1) is 16.2 Å². The molecule has 0 aliphatic carbocycles. The summed E-state index contributed by atoms with van der Waals surface area (Å²) < 4.78 is 0. The molecule has 0 aliphatic heterocycles. The minimum Gasteiger partial charge on any atom is -0.0911 e. The molecule has 0 heterocycles. The smallest absolute Gasteiger partial charge is 0.0203 e. The van der Waals surface area contributed by atoms with Crippen molar-refractivity contribution >= 4 is 0 Å². The number of unbranched alkanes of at least 4 members (excludes halogenated alkanes) is 1. The van der Waals surface area contributed by atoms with Crippen molar-refractivity contribution in [1.82, 2.24) is 0 Å². The average Bonchev–Trinajstić information content (AvgIpc) is 2.57. The van der Waals surface area contributed by atoms with Crippen LogP contribution in [0.5, 0.6) is 0 Å². The minimum atomic E-state index is 0.370. The minimum absolute atomic E-state index is 0.370. The molecule has 0 saturated carbocycles. The second kappa shape index (κ2) is 28.9. The third kappa shape index (κ3) is 97.1. The Hall–Kier alpha value is -0.260. The fourth-order valence-corrected chi connectivity index (χ4v) is 1.96. The van der Waals surface area contributed by atoms with Gasteiger partial charge < -0.3 is 0 Å². The van der Waals surface area contributed by atoms with Crippen molar-refractivity contribution in [3.63, 3.8) is 0 Å². The molecule has 0 N–H and O–H groups in total. The summed E-state index contributed by atoms with van der Waals surface area (Å²) in [7, 11) is 0. The van der Waals surface area contributed by atoms with Crippen LogP contribution < -0.4 is 0 Å². The Morgan fingerprint density at radius 3 is 0.893 bits per heavy atom. The standard InChI is InChI=1S/C8H18.C7H16.C7H14.3C2H6/c1-5-6-7-8(2,3)4;2*1-5-6-7(2,3)4;3*1-2/h5-7H2,1-4H3;5-6H2,1-4H3;5-6H,1-4H3;3*1-2H3/b;;6-5+;;;. The molecule has 0 aromatic heterocycles. The van der Waals surface area contributed by atoms with Gasteiger partial charge in [-0.05, 0) is 36.0 Å². The lowest BCUT2D eigenvalue weighted by atomic mass is 9.90. The molecule has 0 unspecified atom stereocenters. The number of hydrogen-bond donors (Lipinski definition) is 0. The van der Waals surface area contributed by atoms with E-state index in [2.05, 4.69) is 88.3 Å². The summed E-state index contributed by atoms with van der Waals surface area (Å²) in [4.78, 5) is 0. The van der Waals surface area contributed by atoms with Crippen molar-refractivity contribution in [1.29, 1.82) is 0 Å². The van der Waals surface area contributed by atoms with Crippen molar-refractivity contribution in [2.45, 2.75) is 157 Å². The summed E-state index contributed by atoms with van der Waals surface area (Å²) in [6.07, 6.45) is 11.0. The first-order valence-corrected chi connectivity index (χ1v) is 12.3.